The topological polar surface area (TPSA) is 63.8 Å². The highest BCUT2D eigenvalue weighted by atomic mass is 32.1. The molecule has 0 spiro atoms. The number of hydrogen-bond acceptors (Lipinski definition) is 5. The third-order valence-electron chi connectivity index (χ3n) is 3.48. The van der Waals surface area contributed by atoms with Gasteiger partial charge in [0.25, 0.3) is 0 Å². The Bertz CT molecular complexity index is 350. The normalized spacial score (nSPS) is 25.2. The first kappa shape index (κ1) is 12.8. The maximum Gasteiger partial charge on any atom is 0.202 e. The van der Waals surface area contributed by atoms with Crippen molar-refractivity contribution in [1.82, 2.24) is 9.36 Å². The van der Waals surface area contributed by atoms with Gasteiger partial charge in [-0.25, -0.2) is 4.98 Å². The molecular formula is C12H22N4S. The quantitative estimate of drug-likeness (QED) is 0.867. The van der Waals surface area contributed by atoms with Crippen LogP contribution in [-0.2, 0) is 0 Å². The fraction of sp³-hybridized carbons (Fsp3) is 0.833. The molecule has 0 bridgehead atoms. The fourth-order valence-corrected chi connectivity index (χ4v) is 3.14. The Morgan fingerprint density at radius 3 is 2.82 bits per heavy atom. The van der Waals surface area contributed by atoms with Gasteiger partial charge in [0.2, 0.25) is 5.13 Å². The van der Waals surface area contributed by atoms with E-state index in [0.29, 0.717) is 17.9 Å². The Morgan fingerprint density at radius 1 is 1.41 bits per heavy atom. The van der Waals surface area contributed by atoms with Crippen LogP contribution in [0.3, 0.4) is 0 Å². The van der Waals surface area contributed by atoms with Crippen molar-refractivity contribution in [3.8, 4) is 0 Å². The average molecular weight is 254 g/mol. The van der Waals surface area contributed by atoms with E-state index in [1.807, 2.05) is 0 Å². The number of hydrogen-bond donors (Lipinski definition) is 2. The minimum atomic E-state index is 0.401. The predicted octanol–water partition coefficient (Wildman–Crippen LogP) is 2.59. The maximum absolute atomic E-state index is 5.83. The summed E-state index contributed by atoms with van der Waals surface area (Å²) in [5.74, 6) is 1.94. The molecule has 1 saturated carbocycles. The molecule has 5 heteroatoms. The Hall–Kier alpha value is -0.680. The van der Waals surface area contributed by atoms with Crippen LogP contribution >= 0.6 is 11.5 Å². The SMILES string of the molecule is CC(C)c1nsc(NC2CCCCC2CN)n1. The number of nitrogens with two attached hydrogens (primary N) is 1. The monoisotopic (exact) mass is 254 g/mol. The molecule has 1 aromatic rings. The van der Waals surface area contributed by atoms with E-state index in [1.54, 1.807) is 0 Å². The van der Waals surface area contributed by atoms with E-state index in [9.17, 15) is 0 Å². The summed E-state index contributed by atoms with van der Waals surface area (Å²) in [6.07, 6.45) is 5.06. The van der Waals surface area contributed by atoms with Crippen molar-refractivity contribution in [2.24, 2.45) is 11.7 Å². The number of aromatic nitrogens is 2. The molecule has 4 nitrogen and oxygen atoms in total. The van der Waals surface area contributed by atoms with Crippen LogP contribution in [-0.4, -0.2) is 21.9 Å². The molecule has 3 N–H and O–H groups in total. The minimum absolute atomic E-state index is 0.401. The van der Waals surface area contributed by atoms with Crippen LogP contribution in [0.15, 0.2) is 0 Å². The second-order valence-electron chi connectivity index (χ2n) is 5.14. The number of rotatable bonds is 4. The van der Waals surface area contributed by atoms with Gasteiger partial charge in [-0.2, -0.15) is 4.37 Å². The maximum atomic E-state index is 5.83. The smallest absolute Gasteiger partial charge is 0.202 e. The van der Waals surface area contributed by atoms with E-state index in [2.05, 4.69) is 28.5 Å². The van der Waals surface area contributed by atoms with Crippen molar-refractivity contribution in [3.63, 3.8) is 0 Å². The van der Waals surface area contributed by atoms with Crippen LogP contribution in [0.5, 0.6) is 0 Å². The molecule has 0 radical (unpaired) electrons. The summed E-state index contributed by atoms with van der Waals surface area (Å²) in [6, 6.07) is 0.488. The van der Waals surface area contributed by atoms with Crippen LogP contribution in [0.25, 0.3) is 0 Å². The van der Waals surface area contributed by atoms with Crippen molar-refractivity contribution < 1.29 is 0 Å². The van der Waals surface area contributed by atoms with Crippen molar-refractivity contribution in [1.29, 1.82) is 0 Å². The van der Waals surface area contributed by atoms with Crippen LogP contribution in [0, 0.1) is 5.92 Å². The highest BCUT2D eigenvalue weighted by molar-refractivity contribution is 7.09. The molecule has 2 atom stereocenters. The van der Waals surface area contributed by atoms with Gasteiger partial charge in [-0.3, -0.25) is 0 Å². The lowest BCUT2D eigenvalue weighted by molar-refractivity contribution is 0.332. The third kappa shape index (κ3) is 3.16. The van der Waals surface area contributed by atoms with Gasteiger partial charge in [-0.15, -0.1) is 0 Å². The second kappa shape index (κ2) is 5.78. The standard InChI is InChI=1S/C12H22N4S/c1-8(2)11-15-12(17-16-11)14-10-6-4-3-5-9(10)7-13/h8-10H,3-7,13H2,1-2H3,(H,14,15,16). The van der Waals surface area contributed by atoms with Gasteiger partial charge in [0, 0.05) is 23.5 Å². The molecule has 1 aliphatic carbocycles. The first-order chi connectivity index (χ1) is 8.20. The van der Waals surface area contributed by atoms with Gasteiger partial charge in [-0.05, 0) is 25.3 Å². The molecule has 1 fully saturated rings. The summed E-state index contributed by atoms with van der Waals surface area (Å²) in [7, 11) is 0. The van der Waals surface area contributed by atoms with Crippen molar-refractivity contribution in [3.05, 3.63) is 5.82 Å². The molecular weight excluding hydrogens is 232 g/mol. The number of anilines is 1. The van der Waals surface area contributed by atoms with E-state index >= 15 is 0 Å². The lowest BCUT2D eigenvalue weighted by atomic mass is 9.85. The summed E-state index contributed by atoms with van der Waals surface area (Å²) in [5, 5.41) is 4.48. The van der Waals surface area contributed by atoms with Crippen LogP contribution < -0.4 is 11.1 Å². The van der Waals surface area contributed by atoms with E-state index in [-0.39, 0.29) is 0 Å². The van der Waals surface area contributed by atoms with Gasteiger partial charge in [0.05, 0.1) is 0 Å². The van der Waals surface area contributed by atoms with Crippen LogP contribution in [0.2, 0.25) is 0 Å². The molecule has 96 valence electrons. The zero-order valence-corrected chi connectivity index (χ0v) is 11.5. The molecule has 0 amide bonds. The van der Waals surface area contributed by atoms with Gasteiger partial charge >= 0.3 is 0 Å². The molecule has 1 aromatic heterocycles. The average Bonchev–Trinajstić information content (AvgIpc) is 2.78. The van der Waals surface area contributed by atoms with Crippen molar-refractivity contribution in [2.75, 3.05) is 11.9 Å². The summed E-state index contributed by atoms with van der Waals surface area (Å²) < 4.78 is 4.37. The first-order valence-corrected chi connectivity index (χ1v) is 7.28. The van der Waals surface area contributed by atoms with Gasteiger partial charge in [0.1, 0.15) is 5.82 Å². The molecule has 1 heterocycles. The first-order valence-electron chi connectivity index (χ1n) is 6.51. The highest BCUT2D eigenvalue weighted by Gasteiger charge is 2.24. The predicted molar refractivity (Wildman–Crippen MR) is 72.4 cm³/mol. The Morgan fingerprint density at radius 2 is 2.18 bits per heavy atom. The largest absolute Gasteiger partial charge is 0.357 e. The van der Waals surface area contributed by atoms with E-state index in [4.69, 9.17) is 5.73 Å². The van der Waals surface area contributed by atoms with Crippen molar-refractivity contribution in [2.45, 2.75) is 51.5 Å². The fourth-order valence-electron chi connectivity index (χ4n) is 2.37. The van der Waals surface area contributed by atoms with E-state index in [0.717, 1.165) is 17.5 Å². The zero-order valence-electron chi connectivity index (χ0n) is 10.6. The zero-order chi connectivity index (χ0) is 12.3. The molecule has 0 aliphatic heterocycles. The Balaban J connectivity index is 1.98. The number of nitrogens with zero attached hydrogens (tertiary/aromatic N) is 2. The summed E-state index contributed by atoms with van der Waals surface area (Å²) in [5.41, 5.74) is 5.83. The summed E-state index contributed by atoms with van der Waals surface area (Å²) in [6.45, 7) is 5.01. The highest BCUT2D eigenvalue weighted by Crippen LogP contribution is 2.27. The molecule has 1 aliphatic rings. The molecule has 2 rings (SSSR count). The molecule has 17 heavy (non-hydrogen) atoms. The van der Waals surface area contributed by atoms with Gasteiger partial charge < -0.3 is 11.1 Å². The minimum Gasteiger partial charge on any atom is -0.357 e. The lowest BCUT2D eigenvalue weighted by Gasteiger charge is -2.30. The summed E-state index contributed by atoms with van der Waals surface area (Å²) >= 11 is 1.47. The van der Waals surface area contributed by atoms with Crippen LogP contribution in [0.4, 0.5) is 5.13 Å². The van der Waals surface area contributed by atoms with Crippen LogP contribution in [0.1, 0.15) is 51.3 Å². The third-order valence-corrected chi connectivity index (χ3v) is 4.14. The van der Waals surface area contributed by atoms with E-state index in [1.165, 1.54) is 37.2 Å². The molecule has 2 unspecified atom stereocenters. The summed E-state index contributed by atoms with van der Waals surface area (Å²) in [4.78, 5) is 4.53. The van der Waals surface area contributed by atoms with Gasteiger partial charge in [-0.1, -0.05) is 26.7 Å². The van der Waals surface area contributed by atoms with E-state index < -0.39 is 0 Å². The second-order valence-corrected chi connectivity index (χ2v) is 5.90. The Labute approximate surface area is 107 Å². The number of nitrogens with one attached hydrogen (secondary N) is 1. The Kier molecular flexibility index (Phi) is 4.34. The lowest BCUT2D eigenvalue weighted by Crippen LogP contribution is -2.36. The molecule has 0 aromatic carbocycles. The molecule has 0 saturated heterocycles. The van der Waals surface area contributed by atoms with Crippen molar-refractivity contribution >= 4 is 16.7 Å². The van der Waals surface area contributed by atoms with Gasteiger partial charge in [0.15, 0.2) is 0 Å².